The van der Waals surface area contributed by atoms with Gasteiger partial charge in [-0.1, -0.05) is 44.9 Å². The lowest BCUT2D eigenvalue weighted by Gasteiger charge is -2.50. The Balaban J connectivity index is 2.44. The van der Waals surface area contributed by atoms with Gasteiger partial charge in [-0.25, -0.2) is 4.39 Å². The van der Waals surface area contributed by atoms with Crippen molar-refractivity contribution in [2.45, 2.75) is 51.1 Å². The van der Waals surface area contributed by atoms with Crippen molar-refractivity contribution in [2.75, 3.05) is 20.6 Å². The Morgan fingerprint density at radius 2 is 2.10 bits per heavy atom. The van der Waals surface area contributed by atoms with Crippen molar-refractivity contribution in [1.29, 1.82) is 0 Å². The Morgan fingerprint density at radius 3 is 2.67 bits per heavy atom. The standard InChI is InChI=1S/C18H29FN2/c1-5-20-17(15-10-6-7-11-16(15)19)18(21(3)4)12-8-9-14(2)13-18/h6-7,10-11,14,17,20H,5,8-9,12-13H2,1-4H3. The third-order valence-electron chi connectivity index (χ3n) is 5.06. The van der Waals surface area contributed by atoms with Crippen molar-refractivity contribution in [3.63, 3.8) is 0 Å². The van der Waals surface area contributed by atoms with Gasteiger partial charge < -0.3 is 10.2 Å². The maximum absolute atomic E-state index is 14.4. The first-order valence-corrected chi connectivity index (χ1v) is 8.16. The molecule has 0 aromatic heterocycles. The second kappa shape index (κ2) is 6.89. The fourth-order valence-corrected chi connectivity index (χ4v) is 3.99. The van der Waals surface area contributed by atoms with Gasteiger partial charge in [0.1, 0.15) is 5.82 Å². The highest BCUT2D eigenvalue weighted by Gasteiger charge is 2.44. The van der Waals surface area contributed by atoms with Crippen LogP contribution in [0.4, 0.5) is 4.39 Å². The highest BCUT2D eigenvalue weighted by Crippen LogP contribution is 2.44. The van der Waals surface area contributed by atoms with Crippen LogP contribution >= 0.6 is 0 Å². The summed E-state index contributed by atoms with van der Waals surface area (Å²) in [6.45, 7) is 5.27. The van der Waals surface area contributed by atoms with Crippen LogP contribution < -0.4 is 5.32 Å². The molecular weight excluding hydrogens is 263 g/mol. The Hall–Kier alpha value is -0.930. The molecule has 3 atom stereocenters. The van der Waals surface area contributed by atoms with Gasteiger partial charge >= 0.3 is 0 Å². The van der Waals surface area contributed by atoms with Crippen LogP contribution in [0.5, 0.6) is 0 Å². The van der Waals surface area contributed by atoms with Gasteiger partial charge in [0.15, 0.2) is 0 Å². The summed E-state index contributed by atoms with van der Waals surface area (Å²) in [5, 5.41) is 3.57. The number of likely N-dealkylation sites (N-methyl/N-ethyl adjacent to an activating group) is 2. The molecule has 0 bridgehead atoms. The Kier molecular flexibility index (Phi) is 5.39. The minimum atomic E-state index is -0.0945. The zero-order valence-electron chi connectivity index (χ0n) is 13.8. The number of rotatable bonds is 5. The molecule has 3 heteroatoms. The van der Waals surface area contributed by atoms with E-state index in [2.05, 4.69) is 38.2 Å². The molecule has 1 aliphatic rings. The van der Waals surface area contributed by atoms with Crippen molar-refractivity contribution >= 4 is 0 Å². The number of benzene rings is 1. The van der Waals surface area contributed by atoms with Crippen molar-refractivity contribution < 1.29 is 4.39 Å². The molecule has 0 spiro atoms. The van der Waals surface area contributed by atoms with Crippen LogP contribution in [0.1, 0.15) is 51.1 Å². The van der Waals surface area contributed by atoms with E-state index < -0.39 is 0 Å². The highest BCUT2D eigenvalue weighted by atomic mass is 19.1. The zero-order valence-corrected chi connectivity index (χ0v) is 13.8. The number of nitrogens with zero attached hydrogens (tertiary/aromatic N) is 1. The fourth-order valence-electron chi connectivity index (χ4n) is 3.99. The third kappa shape index (κ3) is 3.29. The van der Waals surface area contributed by atoms with Crippen LogP contribution in [0.15, 0.2) is 24.3 Å². The summed E-state index contributed by atoms with van der Waals surface area (Å²) in [5.74, 6) is 0.594. The molecule has 2 nitrogen and oxygen atoms in total. The van der Waals surface area contributed by atoms with Gasteiger partial charge in [0.25, 0.3) is 0 Å². The molecule has 1 aromatic rings. The first kappa shape index (κ1) is 16.4. The van der Waals surface area contributed by atoms with Crippen molar-refractivity contribution in [2.24, 2.45) is 5.92 Å². The molecule has 1 N–H and O–H groups in total. The van der Waals surface area contributed by atoms with Gasteiger partial charge in [0.2, 0.25) is 0 Å². The molecule has 21 heavy (non-hydrogen) atoms. The van der Waals surface area contributed by atoms with Gasteiger partial charge in [0.05, 0.1) is 6.04 Å². The Labute approximate surface area is 128 Å². The number of hydrogen-bond donors (Lipinski definition) is 1. The van der Waals surface area contributed by atoms with E-state index in [0.717, 1.165) is 24.9 Å². The summed E-state index contributed by atoms with van der Waals surface area (Å²) in [6.07, 6.45) is 4.74. The molecule has 0 heterocycles. The normalized spacial score (nSPS) is 27.8. The lowest BCUT2D eigenvalue weighted by molar-refractivity contribution is 0.0360. The van der Waals surface area contributed by atoms with Gasteiger partial charge in [0, 0.05) is 11.1 Å². The molecule has 3 unspecified atom stereocenters. The molecule has 2 rings (SSSR count). The van der Waals surface area contributed by atoms with Crippen LogP contribution in [0.25, 0.3) is 0 Å². The molecule has 0 amide bonds. The first-order chi connectivity index (χ1) is 10.0. The summed E-state index contributed by atoms with van der Waals surface area (Å²) in [7, 11) is 4.28. The SMILES string of the molecule is CCNC(c1ccccc1F)C1(N(C)C)CCCC(C)C1. The van der Waals surface area contributed by atoms with Crippen molar-refractivity contribution in [1.82, 2.24) is 10.2 Å². The molecule has 118 valence electrons. The third-order valence-corrected chi connectivity index (χ3v) is 5.06. The summed E-state index contributed by atoms with van der Waals surface area (Å²) >= 11 is 0. The summed E-state index contributed by atoms with van der Waals surface area (Å²) < 4.78 is 14.4. The zero-order chi connectivity index (χ0) is 15.5. The molecule has 1 aromatic carbocycles. The Bertz CT molecular complexity index is 460. The van der Waals surface area contributed by atoms with Gasteiger partial charge in [-0.05, 0) is 45.5 Å². The van der Waals surface area contributed by atoms with Crippen LogP contribution in [0.2, 0.25) is 0 Å². The van der Waals surface area contributed by atoms with Crippen LogP contribution in [0.3, 0.4) is 0 Å². The summed E-state index contributed by atoms with van der Waals surface area (Å²) in [4.78, 5) is 2.32. The lowest BCUT2D eigenvalue weighted by Crippen LogP contribution is -2.56. The maximum atomic E-state index is 14.4. The highest BCUT2D eigenvalue weighted by molar-refractivity contribution is 5.26. The second-order valence-electron chi connectivity index (χ2n) is 6.71. The summed E-state index contributed by atoms with van der Waals surface area (Å²) in [5.41, 5.74) is 0.803. The van der Waals surface area contributed by atoms with Gasteiger partial charge in [-0.3, -0.25) is 0 Å². The van der Waals surface area contributed by atoms with Crippen LogP contribution in [-0.2, 0) is 0 Å². The minimum Gasteiger partial charge on any atom is -0.309 e. The fraction of sp³-hybridized carbons (Fsp3) is 0.667. The smallest absolute Gasteiger partial charge is 0.128 e. The molecule has 1 saturated carbocycles. The van der Waals surface area contributed by atoms with E-state index in [-0.39, 0.29) is 17.4 Å². The monoisotopic (exact) mass is 292 g/mol. The molecule has 0 saturated heterocycles. The predicted octanol–water partition coefficient (Wildman–Crippen LogP) is 3.99. The first-order valence-electron chi connectivity index (χ1n) is 8.16. The van der Waals surface area contributed by atoms with E-state index in [9.17, 15) is 4.39 Å². The van der Waals surface area contributed by atoms with Gasteiger partial charge in [-0.15, -0.1) is 0 Å². The van der Waals surface area contributed by atoms with E-state index in [0.29, 0.717) is 5.92 Å². The number of hydrogen-bond acceptors (Lipinski definition) is 2. The summed E-state index contributed by atoms with van der Waals surface area (Å²) in [6, 6.07) is 7.27. The molecular formula is C18H29FN2. The number of halogens is 1. The maximum Gasteiger partial charge on any atom is 0.128 e. The minimum absolute atomic E-state index is 0.00410. The largest absolute Gasteiger partial charge is 0.309 e. The Morgan fingerprint density at radius 1 is 1.38 bits per heavy atom. The van der Waals surface area contributed by atoms with E-state index in [1.807, 2.05) is 12.1 Å². The van der Waals surface area contributed by atoms with Crippen molar-refractivity contribution in [3.8, 4) is 0 Å². The molecule has 0 radical (unpaired) electrons. The predicted molar refractivity (Wildman–Crippen MR) is 86.9 cm³/mol. The van der Waals surface area contributed by atoms with E-state index in [4.69, 9.17) is 0 Å². The lowest BCUT2D eigenvalue weighted by atomic mass is 9.69. The van der Waals surface area contributed by atoms with Crippen molar-refractivity contribution in [3.05, 3.63) is 35.6 Å². The number of nitrogens with one attached hydrogen (secondary N) is 1. The van der Waals surface area contributed by atoms with Crippen LogP contribution in [0, 0.1) is 11.7 Å². The quantitative estimate of drug-likeness (QED) is 0.883. The topological polar surface area (TPSA) is 15.3 Å². The molecule has 0 aliphatic heterocycles. The van der Waals surface area contributed by atoms with E-state index in [1.165, 1.54) is 12.8 Å². The van der Waals surface area contributed by atoms with E-state index >= 15 is 0 Å². The van der Waals surface area contributed by atoms with E-state index in [1.54, 1.807) is 12.1 Å². The molecule has 1 aliphatic carbocycles. The van der Waals surface area contributed by atoms with Crippen LogP contribution in [-0.4, -0.2) is 31.1 Å². The van der Waals surface area contributed by atoms with Gasteiger partial charge in [-0.2, -0.15) is 0 Å². The second-order valence-corrected chi connectivity index (χ2v) is 6.71. The molecule has 1 fully saturated rings. The average molecular weight is 292 g/mol. The average Bonchev–Trinajstić information content (AvgIpc) is 2.45.